The highest BCUT2D eigenvalue weighted by Gasteiger charge is 2.00. The second-order valence-electron chi connectivity index (χ2n) is 3.25. The average molecular weight is 209 g/mol. The number of nitrogens with one attached hydrogen (secondary N) is 1. The Labute approximate surface area is 94.9 Å². The SMILES string of the molecule is C=C(C)c1ccccc1NC=C(C#N)C#N. The molecule has 0 bridgehead atoms. The number of rotatable bonds is 3. The summed E-state index contributed by atoms with van der Waals surface area (Å²) in [4.78, 5) is 0. The van der Waals surface area contributed by atoms with Gasteiger partial charge in [-0.15, -0.1) is 0 Å². The van der Waals surface area contributed by atoms with Gasteiger partial charge in [-0.25, -0.2) is 0 Å². The molecule has 1 aromatic rings. The zero-order chi connectivity index (χ0) is 12.0. The fourth-order valence-corrected chi connectivity index (χ4v) is 1.22. The van der Waals surface area contributed by atoms with Gasteiger partial charge in [0.15, 0.2) is 0 Å². The first-order chi connectivity index (χ1) is 7.69. The monoisotopic (exact) mass is 209 g/mol. The Morgan fingerprint density at radius 3 is 2.50 bits per heavy atom. The van der Waals surface area contributed by atoms with Gasteiger partial charge in [-0.3, -0.25) is 0 Å². The van der Waals surface area contributed by atoms with Crippen LogP contribution in [0.3, 0.4) is 0 Å². The molecule has 0 spiro atoms. The third kappa shape index (κ3) is 2.73. The van der Waals surface area contributed by atoms with Gasteiger partial charge in [0.1, 0.15) is 17.7 Å². The van der Waals surface area contributed by atoms with E-state index in [0.29, 0.717) is 0 Å². The fourth-order valence-electron chi connectivity index (χ4n) is 1.22. The van der Waals surface area contributed by atoms with Crippen LogP contribution < -0.4 is 5.32 Å². The van der Waals surface area contributed by atoms with Crippen molar-refractivity contribution in [3.05, 3.63) is 48.2 Å². The first-order valence-corrected chi connectivity index (χ1v) is 4.71. The molecule has 3 nitrogen and oxygen atoms in total. The third-order valence-electron chi connectivity index (χ3n) is 2.00. The van der Waals surface area contributed by atoms with Crippen LogP contribution in [0.5, 0.6) is 0 Å². The molecule has 1 rings (SSSR count). The Hall–Kier alpha value is -2.52. The number of benzene rings is 1. The van der Waals surface area contributed by atoms with Crippen LogP contribution in [-0.4, -0.2) is 0 Å². The quantitative estimate of drug-likeness (QED) is 0.778. The molecule has 0 unspecified atom stereocenters. The summed E-state index contributed by atoms with van der Waals surface area (Å²) in [6, 6.07) is 11.2. The number of hydrogen-bond donors (Lipinski definition) is 1. The Morgan fingerprint density at radius 1 is 1.31 bits per heavy atom. The summed E-state index contributed by atoms with van der Waals surface area (Å²) in [6.07, 6.45) is 1.39. The second-order valence-corrected chi connectivity index (χ2v) is 3.25. The fraction of sp³-hybridized carbons (Fsp3) is 0.0769. The lowest BCUT2D eigenvalue weighted by molar-refractivity contribution is 1.44. The van der Waals surface area contributed by atoms with Crippen LogP contribution in [0.4, 0.5) is 5.69 Å². The highest BCUT2D eigenvalue weighted by atomic mass is 14.8. The van der Waals surface area contributed by atoms with Crippen molar-refractivity contribution in [2.45, 2.75) is 6.92 Å². The Morgan fingerprint density at radius 2 is 1.94 bits per heavy atom. The molecule has 1 aromatic carbocycles. The normalized spacial score (nSPS) is 8.44. The van der Waals surface area contributed by atoms with Gasteiger partial charge in [0, 0.05) is 17.5 Å². The highest BCUT2D eigenvalue weighted by Crippen LogP contribution is 2.21. The molecule has 0 atom stereocenters. The zero-order valence-electron chi connectivity index (χ0n) is 8.99. The molecule has 0 aliphatic heterocycles. The first-order valence-electron chi connectivity index (χ1n) is 4.71. The molecular formula is C13H11N3. The zero-order valence-corrected chi connectivity index (χ0v) is 8.99. The minimum absolute atomic E-state index is 0.0384. The van der Waals surface area contributed by atoms with Crippen molar-refractivity contribution < 1.29 is 0 Å². The van der Waals surface area contributed by atoms with Crippen molar-refractivity contribution in [1.29, 1.82) is 10.5 Å². The van der Waals surface area contributed by atoms with Gasteiger partial charge in [-0.05, 0) is 18.6 Å². The largest absolute Gasteiger partial charge is 0.359 e. The van der Waals surface area contributed by atoms with Crippen molar-refractivity contribution in [3.63, 3.8) is 0 Å². The van der Waals surface area contributed by atoms with E-state index in [2.05, 4.69) is 11.9 Å². The highest BCUT2D eigenvalue weighted by molar-refractivity contribution is 5.74. The molecular weight excluding hydrogens is 198 g/mol. The van der Waals surface area contributed by atoms with E-state index >= 15 is 0 Å². The molecule has 0 heterocycles. The molecule has 78 valence electrons. The molecule has 0 saturated heterocycles. The average Bonchev–Trinajstić information content (AvgIpc) is 2.30. The smallest absolute Gasteiger partial charge is 0.145 e. The van der Waals surface area contributed by atoms with Crippen LogP contribution in [0.25, 0.3) is 5.57 Å². The van der Waals surface area contributed by atoms with Gasteiger partial charge in [0.2, 0.25) is 0 Å². The minimum atomic E-state index is 0.0384. The molecule has 3 heteroatoms. The number of allylic oxidation sites excluding steroid dienone is 2. The van der Waals surface area contributed by atoms with E-state index in [0.717, 1.165) is 16.8 Å². The summed E-state index contributed by atoms with van der Waals surface area (Å²) in [6.45, 7) is 5.77. The Bertz CT molecular complexity index is 497. The summed E-state index contributed by atoms with van der Waals surface area (Å²) in [7, 11) is 0. The van der Waals surface area contributed by atoms with E-state index in [-0.39, 0.29) is 5.57 Å². The molecule has 1 N–H and O–H groups in total. The Balaban J connectivity index is 3.00. The number of para-hydroxylation sites is 1. The lowest BCUT2D eigenvalue weighted by atomic mass is 10.1. The van der Waals surface area contributed by atoms with Crippen LogP contribution in [0.1, 0.15) is 12.5 Å². The predicted octanol–water partition coefficient (Wildman–Crippen LogP) is 3.06. The molecule has 0 aliphatic carbocycles. The minimum Gasteiger partial charge on any atom is -0.359 e. The van der Waals surface area contributed by atoms with E-state index in [4.69, 9.17) is 10.5 Å². The van der Waals surface area contributed by atoms with Crippen LogP contribution in [-0.2, 0) is 0 Å². The maximum atomic E-state index is 8.58. The Kier molecular flexibility index (Phi) is 3.89. The second kappa shape index (κ2) is 5.38. The van der Waals surface area contributed by atoms with Crippen LogP contribution >= 0.6 is 0 Å². The van der Waals surface area contributed by atoms with E-state index < -0.39 is 0 Å². The molecule has 0 radical (unpaired) electrons. The van der Waals surface area contributed by atoms with E-state index in [1.807, 2.05) is 31.2 Å². The van der Waals surface area contributed by atoms with Crippen molar-refractivity contribution >= 4 is 11.3 Å². The maximum Gasteiger partial charge on any atom is 0.145 e. The van der Waals surface area contributed by atoms with Crippen molar-refractivity contribution in [3.8, 4) is 12.1 Å². The topological polar surface area (TPSA) is 59.6 Å². The predicted molar refractivity (Wildman–Crippen MR) is 64.1 cm³/mol. The van der Waals surface area contributed by atoms with Gasteiger partial charge in [-0.2, -0.15) is 10.5 Å². The van der Waals surface area contributed by atoms with Crippen LogP contribution in [0.2, 0.25) is 0 Å². The summed E-state index contributed by atoms with van der Waals surface area (Å²) in [5, 5.41) is 20.1. The lowest BCUT2D eigenvalue weighted by Crippen LogP contribution is -1.93. The van der Waals surface area contributed by atoms with Gasteiger partial charge in [-0.1, -0.05) is 24.8 Å². The van der Waals surface area contributed by atoms with Crippen molar-refractivity contribution in [1.82, 2.24) is 0 Å². The lowest BCUT2D eigenvalue weighted by Gasteiger charge is -2.08. The van der Waals surface area contributed by atoms with Crippen molar-refractivity contribution in [2.75, 3.05) is 5.32 Å². The number of anilines is 1. The summed E-state index contributed by atoms with van der Waals surface area (Å²) < 4.78 is 0. The maximum absolute atomic E-state index is 8.58. The van der Waals surface area contributed by atoms with Gasteiger partial charge < -0.3 is 5.32 Å². The summed E-state index contributed by atoms with van der Waals surface area (Å²) in [5.41, 5.74) is 2.76. The molecule has 16 heavy (non-hydrogen) atoms. The molecule has 0 amide bonds. The molecule has 0 aliphatic rings. The van der Waals surface area contributed by atoms with Gasteiger partial charge >= 0.3 is 0 Å². The summed E-state index contributed by atoms with van der Waals surface area (Å²) >= 11 is 0. The van der Waals surface area contributed by atoms with E-state index in [9.17, 15) is 0 Å². The van der Waals surface area contributed by atoms with E-state index in [1.165, 1.54) is 6.20 Å². The molecule has 0 aromatic heterocycles. The standard InChI is InChI=1S/C13H11N3/c1-10(2)12-5-3-4-6-13(12)16-9-11(7-14)8-15/h3-6,9,16H,1H2,2H3. The van der Waals surface area contributed by atoms with Gasteiger partial charge in [0.05, 0.1) is 0 Å². The molecule has 0 saturated carbocycles. The number of hydrogen-bond acceptors (Lipinski definition) is 3. The van der Waals surface area contributed by atoms with Crippen LogP contribution in [0, 0.1) is 22.7 Å². The molecule has 0 fully saturated rings. The summed E-state index contributed by atoms with van der Waals surface area (Å²) in [5.74, 6) is 0. The van der Waals surface area contributed by atoms with E-state index in [1.54, 1.807) is 12.1 Å². The van der Waals surface area contributed by atoms with Gasteiger partial charge in [0.25, 0.3) is 0 Å². The van der Waals surface area contributed by atoms with Crippen LogP contribution in [0.15, 0.2) is 42.6 Å². The number of nitrogens with zero attached hydrogens (tertiary/aromatic N) is 2. The van der Waals surface area contributed by atoms with Crippen molar-refractivity contribution in [2.24, 2.45) is 0 Å². The third-order valence-corrected chi connectivity index (χ3v) is 2.00. The number of nitriles is 2. The first kappa shape index (κ1) is 11.6.